The van der Waals surface area contributed by atoms with E-state index >= 15 is 0 Å². The Labute approximate surface area is 113 Å². The molecule has 1 aliphatic rings. The van der Waals surface area contributed by atoms with Crippen molar-refractivity contribution in [2.45, 2.75) is 32.2 Å². The van der Waals surface area contributed by atoms with Gasteiger partial charge in [-0.1, -0.05) is 30.7 Å². The Bertz CT molecular complexity index is 442. The van der Waals surface area contributed by atoms with E-state index in [1.165, 1.54) is 25.0 Å². The lowest BCUT2D eigenvalue weighted by Crippen LogP contribution is -2.33. The first-order chi connectivity index (χ1) is 8.52. The largest absolute Gasteiger partial charge is 0.313 e. The lowest BCUT2D eigenvalue weighted by Gasteiger charge is -2.27. The van der Waals surface area contributed by atoms with Gasteiger partial charge in [0.05, 0.1) is 0 Å². The normalized spacial score (nSPS) is 18.4. The molecule has 98 valence electrons. The molecule has 0 aromatic heterocycles. The van der Waals surface area contributed by atoms with Crippen LogP contribution in [0.3, 0.4) is 0 Å². The predicted molar refractivity (Wildman–Crippen MR) is 74.4 cm³/mol. The Balaban J connectivity index is 2.05. The molecule has 0 aliphatic heterocycles. The summed E-state index contributed by atoms with van der Waals surface area (Å²) >= 11 is 6.07. The van der Waals surface area contributed by atoms with E-state index in [1.54, 1.807) is 6.07 Å². The van der Waals surface area contributed by atoms with Crippen LogP contribution in [0.1, 0.15) is 25.3 Å². The SMILES string of the molecule is C=CC(C)(CNC1CC1)Cc1ccc(F)cc1Cl. The van der Waals surface area contributed by atoms with Gasteiger partial charge < -0.3 is 5.32 Å². The van der Waals surface area contributed by atoms with Gasteiger partial charge in [0.25, 0.3) is 0 Å². The summed E-state index contributed by atoms with van der Waals surface area (Å²) in [7, 11) is 0. The molecule has 0 saturated heterocycles. The highest BCUT2D eigenvalue weighted by molar-refractivity contribution is 6.31. The minimum atomic E-state index is -0.292. The van der Waals surface area contributed by atoms with Crippen molar-refractivity contribution < 1.29 is 4.39 Å². The van der Waals surface area contributed by atoms with E-state index < -0.39 is 0 Å². The summed E-state index contributed by atoms with van der Waals surface area (Å²) in [6, 6.07) is 5.26. The first-order valence-corrected chi connectivity index (χ1v) is 6.71. The summed E-state index contributed by atoms with van der Waals surface area (Å²) in [6.45, 7) is 6.95. The van der Waals surface area contributed by atoms with Gasteiger partial charge in [0.2, 0.25) is 0 Å². The third kappa shape index (κ3) is 3.56. The molecule has 0 amide bonds. The number of benzene rings is 1. The zero-order valence-corrected chi connectivity index (χ0v) is 11.4. The quantitative estimate of drug-likeness (QED) is 0.769. The maximum absolute atomic E-state index is 13.0. The van der Waals surface area contributed by atoms with Crippen LogP contribution in [0.25, 0.3) is 0 Å². The molecule has 1 aromatic rings. The Morgan fingerprint density at radius 1 is 1.56 bits per heavy atom. The molecule has 0 bridgehead atoms. The summed E-state index contributed by atoms with van der Waals surface area (Å²) in [6.07, 6.45) is 5.27. The lowest BCUT2D eigenvalue weighted by atomic mass is 9.83. The van der Waals surface area contributed by atoms with E-state index in [-0.39, 0.29) is 11.2 Å². The Hall–Kier alpha value is -0.860. The summed E-state index contributed by atoms with van der Waals surface area (Å²) in [5.74, 6) is -0.292. The Morgan fingerprint density at radius 2 is 2.28 bits per heavy atom. The van der Waals surface area contributed by atoms with Gasteiger partial charge in [0, 0.05) is 23.0 Å². The molecule has 1 unspecified atom stereocenters. The summed E-state index contributed by atoms with van der Waals surface area (Å²) < 4.78 is 13.0. The standard InChI is InChI=1S/C15H19ClFN/c1-3-15(2,10-18-13-6-7-13)9-11-4-5-12(17)8-14(11)16/h3-5,8,13,18H,1,6-7,9-10H2,2H3. The molecule has 0 heterocycles. The van der Waals surface area contributed by atoms with Crippen molar-refractivity contribution in [2.24, 2.45) is 5.41 Å². The fourth-order valence-electron chi connectivity index (χ4n) is 1.97. The van der Waals surface area contributed by atoms with E-state index in [1.807, 2.05) is 6.08 Å². The number of hydrogen-bond donors (Lipinski definition) is 1. The minimum Gasteiger partial charge on any atom is -0.313 e. The van der Waals surface area contributed by atoms with Crippen molar-refractivity contribution in [2.75, 3.05) is 6.54 Å². The summed E-state index contributed by atoms with van der Waals surface area (Å²) in [4.78, 5) is 0. The molecular weight excluding hydrogens is 249 g/mol. The smallest absolute Gasteiger partial charge is 0.124 e. The highest BCUT2D eigenvalue weighted by Gasteiger charge is 2.27. The van der Waals surface area contributed by atoms with Gasteiger partial charge >= 0.3 is 0 Å². The van der Waals surface area contributed by atoms with Crippen LogP contribution in [0, 0.1) is 11.2 Å². The molecule has 1 aliphatic carbocycles. The molecule has 3 heteroatoms. The first-order valence-electron chi connectivity index (χ1n) is 6.33. The molecule has 18 heavy (non-hydrogen) atoms. The molecule has 0 radical (unpaired) electrons. The molecule has 1 aromatic carbocycles. The van der Waals surface area contributed by atoms with Gasteiger partial charge in [-0.25, -0.2) is 4.39 Å². The highest BCUT2D eigenvalue weighted by atomic mass is 35.5. The number of nitrogens with one attached hydrogen (secondary N) is 1. The second kappa shape index (κ2) is 5.41. The molecule has 2 rings (SSSR count). The van der Waals surface area contributed by atoms with Crippen LogP contribution in [0.4, 0.5) is 4.39 Å². The van der Waals surface area contributed by atoms with Crippen molar-refractivity contribution in [3.05, 3.63) is 47.3 Å². The van der Waals surface area contributed by atoms with Crippen LogP contribution in [0.5, 0.6) is 0 Å². The van der Waals surface area contributed by atoms with E-state index in [0.717, 1.165) is 18.5 Å². The monoisotopic (exact) mass is 267 g/mol. The van der Waals surface area contributed by atoms with Crippen molar-refractivity contribution >= 4 is 11.6 Å². The molecular formula is C15H19ClFN. The fourth-order valence-corrected chi connectivity index (χ4v) is 2.21. The van der Waals surface area contributed by atoms with Crippen molar-refractivity contribution in [3.8, 4) is 0 Å². The second-order valence-electron chi connectivity index (χ2n) is 5.43. The van der Waals surface area contributed by atoms with Gasteiger partial charge in [-0.2, -0.15) is 0 Å². The van der Waals surface area contributed by atoms with Crippen LogP contribution in [-0.4, -0.2) is 12.6 Å². The van der Waals surface area contributed by atoms with Crippen molar-refractivity contribution in [1.29, 1.82) is 0 Å². The topological polar surface area (TPSA) is 12.0 Å². The Kier molecular flexibility index (Phi) is 4.08. The van der Waals surface area contributed by atoms with Crippen LogP contribution < -0.4 is 5.32 Å². The molecule has 1 nitrogen and oxygen atoms in total. The zero-order valence-electron chi connectivity index (χ0n) is 10.7. The highest BCUT2D eigenvalue weighted by Crippen LogP contribution is 2.29. The molecule has 1 saturated carbocycles. The van der Waals surface area contributed by atoms with Crippen LogP contribution in [0.15, 0.2) is 30.9 Å². The van der Waals surface area contributed by atoms with E-state index in [0.29, 0.717) is 11.1 Å². The predicted octanol–water partition coefficient (Wildman–Crippen LogP) is 3.97. The van der Waals surface area contributed by atoms with E-state index in [2.05, 4.69) is 18.8 Å². The van der Waals surface area contributed by atoms with Crippen molar-refractivity contribution in [3.63, 3.8) is 0 Å². The second-order valence-corrected chi connectivity index (χ2v) is 5.83. The summed E-state index contributed by atoms with van der Waals surface area (Å²) in [5.41, 5.74) is 0.919. The minimum absolute atomic E-state index is 0.0515. The first kappa shape index (κ1) is 13.6. The van der Waals surface area contributed by atoms with Gasteiger partial charge in [0.15, 0.2) is 0 Å². The molecule has 1 atom stereocenters. The molecule has 0 spiro atoms. The third-order valence-corrected chi connectivity index (χ3v) is 3.83. The van der Waals surface area contributed by atoms with Gasteiger partial charge in [-0.3, -0.25) is 0 Å². The van der Waals surface area contributed by atoms with Gasteiger partial charge in [-0.05, 0) is 37.0 Å². The van der Waals surface area contributed by atoms with Crippen molar-refractivity contribution in [1.82, 2.24) is 5.32 Å². The summed E-state index contributed by atoms with van der Waals surface area (Å²) in [5, 5.41) is 4.01. The average molecular weight is 268 g/mol. The maximum Gasteiger partial charge on any atom is 0.124 e. The molecule has 1 N–H and O–H groups in total. The van der Waals surface area contributed by atoms with Crippen LogP contribution >= 0.6 is 11.6 Å². The average Bonchev–Trinajstić information content (AvgIpc) is 3.14. The Morgan fingerprint density at radius 3 is 2.83 bits per heavy atom. The van der Waals surface area contributed by atoms with Crippen LogP contribution in [0.2, 0.25) is 5.02 Å². The number of rotatable bonds is 6. The lowest BCUT2D eigenvalue weighted by molar-refractivity contribution is 0.389. The fraction of sp³-hybridized carbons (Fsp3) is 0.467. The van der Waals surface area contributed by atoms with Gasteiger partial charge in [0.1, 0.15) is 5.82 Å². The molecule has 1 fully saturated rings. The van der Waals surface area contributed by atoms with E-state index in [9.17, 15) is 4.39 Å². The third-order valence-electron chi connectivity index (χ3n) is 3.47. The van der Waals surface area contributed by atoms with Gasteiger partial charge in [-0.15, -0.1) is 6.58 Å². The number of halogens is 2. The van der Waals surface area contributed by atoms with E-state index in [4.69, 9.17) is 11.6 Å². The number of hydrogen-bond acceptors (Lipinski definition) is 1. The maximum atomic E-state index is 13.0. The zero-order chi connectivity index (χ0) is 13.2. The van der Waals surface area contributed by atoms with Crippen LogP contribution in [-0.2, 0) is 6.42 Å².